The number of hydrogen-bond acceptors (Lipinski definition) is 7. The summed E-state index contributed by atoms with van der Waals surface area (Å²) in [5, 5.41) is 2.66. The topological polar surface area (TPSA) is 90.7 Å². The first-order valence-corrected chi connectivity index (χ1v) is 11.2. The zero-order chi connectivity index (χ0) is 26.4. The maximum absolute atomic E-state index is 12.3. The first-order chi connectivity index (χ1) is 17.7. The summed E-state index contributed by atoms with van der Waals surface area (Å²) in [6.45, 7) is 1.32. The molecule has 4 rings (SSSR count). The molecule has 0 unspecified atom stereocenters. The number of pyridine rings is 1. The quantitative estimate of drug-likeness (QED) is 0.350. The van der Waals surface area contributed by atoms with Crippen LogP contribution in [0.4, 0.5) is 18.0 Å². The summed E-state index contributed by atoms with van der Waals surface area (Å²) < 4.78 is 53.5. The fraction of sp³-hybridized carbons (Fsp3) is 0.240. The molecule has 12 heteroatoms. The minimum absolute atomic E-state index is 0.173. The number of carbonyl (C=O) groups is 1. The number of imidazole rings is 1. The summed E-state index contributed by atoms with van der Waals surface area (Å²) >= 11 is 0. The van der Waals surface area contributed by atoms with Crippen molar-refractivity contribution in [1.29, 1.82) is 0 Å². The number of ether oxygens (including phenoxy) is 3. The summed E-state index contributed by atoms with van der Waals surface area (Å²) in [5.74, 6) is 0.568. The number of rotatable bonds is 9. The van der Waals surface area contributed by atoms with Crippen LogP contribution >= 0.6 is 0 Å². The number of amides is 1. The van der Waals surface area contributed by atoms with E-state index in [-0.39, 0.29) is 18.1 Å². The van der Waals surface area contributed by atoms with E-state index in [0.29, 0.717) is 35.6 Å². The molecule has 0 bridgehead atoms. The van der Waals surface area contributed by atoms with Crippen LogP contribution in [-0.4, -0.2) is 59.1 Å². The predicted octanol–water partition coefficient (Wildman–Crippen LogP) is 4.55. The molecule has 2 aromatic carbocycles. The molecule has 1 amide bonds. The zero-order valence-electron chi connectivity index (χ0n) is 20.0. The Hall–Kier alpha value is -4.32. The van der Waals surface area contributed by atoms with E-state index in [1.165, 1.54) is 30.5 Å². The van der Waals surface area contributed by atoms with Crippen molar-refractivity contribution in [3.8, 4) is 22.9 Å². The monoisotopic (exact) mass is 515 g/mol. The molecule has 194 valence electrons. The molecule has 0 spiro atoms. The van der Waals surface area contributed by atoms with Crippen molar-refractivity contribution in [1.82, 2.24) is 24.8 Å². The number of nitrogens with zero attached hydrogens (tertiary/aromatic N) is 4. The molecule has 0 saturated carbocycles. The molecule has 2 heterocycles. The van der Waals surface area contributed by atoms with Gasteiger partial charge in [-0.25, -0.2) is 14.8 Å². The highest BCUT2D eigenvalue weighted by Crippen LogP contribution is 2.24. The lowest BCUT2D eigenvalue weighted by molar-refractivity contribution is -0.274. The van der Waals surface area contributed by atoms with E-state index in [1.54, 1.807) is 29.1 Å². The van der Waals surface area contributed by atoms with Crippen LogP contribution in [0.2, 0.25) is 0 Å². The number of likely N-dealkylation sites (N-methyl/N-ethyl adjacent to an activating group) is 1. The smallest absolute Gasteiger partial charge is 0.489 e. The number of halogens is 3. The maximum Gasteiger partial charge on any atom is 0.573 e. The van der Waals surface area contributed by atoms with Gasteiger partial charge in [-0.1, -0.05) is 12.1 Å². The van der Waals surface area contributed by atoms with Gasteiger partial charge in [0.1, 0.15) is 29.9 Å². The highest BCUT2D eigenvalue weighted by molar-refractivity contribution is 5.76. The Morgan fingerprint density at radius 3 is 2.38 bits per heavy atom. The third-order valence-electron chi connectivity index (χ3n) is 5.08. The van der Waals surface area contributed by atoms with Crippen molar-refractivity contribution in [3.05, 3.63) is 72.7 Å². The van der Waals surface area contributed by atoms with Gasteiger partial charge in [0.15, 0.2) is 11.4 Å². The third kappa shape index (κ3) is 7.34. The van der Waals surface area contributed by atoms with Gasteiger partial charge in [0, 0.05) is 24.8 Å². The van der Waals surface area contributed by atoms with Crippen LogP contribution in [0.1, 0.15) is 5.56 Å². The Balaban J connectivity index is 1.35. The highest BCUT2D eigenvalue weighted by Gasteiger charge is 2.30. The normalized spacial score (nSPS) is 11.5. The van der Waals surface area contributed by atoms with Gasteiger partial charge >= 0.3 is 12.5 Å². The molecule has 0 aliphatic rings. The van der Waals surface area contributed by atoms with Gasteiger partial charge in [-0.05, 0) is 56.1 Å². The first kappa shape index (κ1) is 25.8. The Morgan fingerprint density at radius 1 is 1.00 bits per heavy atom. The number of benzene rings is 2. The van der Waals surface area contributed by atoms with Crippen LogP contribution in [0, 0.1) is 0 Å². The predicted molar refractivity (Wildman–Crippen MR) is 129 cm³/mol. The van der Waals surface area contributed by atoms with Gasteiger partial charge in [-0.2, -0.15) is 0 Å². The molecule has 4 aromatic rings. The van der Waals surface area contributed by atoms with Gasteiger partial charge in [0.05, 0.1) is 6.20 Å². The lowest BCUT2D eigenvalue weighted by atomic mass is 10.2. The second-order valence-corrected chi connectivity index (χ2v) is 8.22. The van der Waals surface area contributed by atoms with Crippen molar-refractivity contribution < 1.29 is 32.2 Å². The van der Waals surface area contributed by atoms with E-state index >= 15 is 0 Å². The number of aromatic nitrogens is 3. The number of hydrogen-bond donors (Lipinski definition) is 1. The molecule has 0 atom stereocenters. The molecule has 1 N–H and O–H groups in total. The Morgan fingerprint density at radius 2 is 1.70 bits per heavy atom. The third-order valence-corrected chi connectivity index (χ3v) is 5.08. The van der Waals surface area contributed by atoms with E-state index in [9.17, 15) is 18.0 Å². The zero-order valence-corrected chi connectivity index (χ0v) is 20.0. The molecule has 0 saturated heterocycles. The molecule has 2 aromatic heterocycles. The molecular formula is C25H24F3N5O4. The van der Waals surface area contributed by atoms with E-state index in [2.05, 4.69) is 20.0 Å². The van der Waals surface area contributed by atoms with Crippen LogP contribution in [0.25, 0.3) is 16.9 Å². The van der Waals surface area contributed by atoms with Crippen molar-refractivity contribution >= 4 is 17.3 Å². The van der Waals surface area contributed by atoms with Gasteiger partial charge in [-0.15, -0.1) is 13.2 Å². The van der Waals surface area contributed by atoms with Crippen LogP contribution < -0.4 is 19.5 Å². The Labute approximate surface area is 210 Å². The van der Waals surface area contributed by atoms with Gasteiger partial charge in [0.25, 0.3) is 0 Å². The maximum atomic E-state index is 12.3. The summed E-state index contributed by atoms with van der Waals surface area (Å²) in [5.41, 5.74) is 2.60. The largest absolute Gasteiger partial charge is 0.573 e. The van der Waals surface area contributed by atoms with Gasteiger partial charge in [0.2, 0.25) is 0 Å². The molecule has 9 nitrogen and oxygen atoms in total. The van der Waals surface area contributed by atoms with Gasteiger partial charge < -0.3 is 24.4 Å². The van der Waals surface area contributed by atoms with E-state index in [0.717, 1.165) is 5.69 Å². The summed E-state index contributed by atoms with van der Waals surface area (Å²) in [6, 6.07) is 14.3. The average molecular weight is 515 g/mol. The van der Waals surface area contributed by atoms with E-state index in [1.807, 2.05) is 31.1 Å². The molecule has 37 heavy (non-hydrogen) atoms. The lowest BCUT2D eigenvalue weighted by Crippen LogP contribution is -2.33. The number of carbonyl (C=O) groups excluding carboxylic acids is 1. The fourth-order valence-corrected chi connectivity index (χ4v) is 3.31. The summed E-state index contributed by atoms with van der Waals surface area (Å²) in [6.07, 6.45) is -2.23. The minimum atomic E-state index is -4.73. The molecule has 0 radical (unpaired) electrons. The molecule has 0 fully saturated rings. The SMILES string of the molecule is CN(C)CCNC(=O)Oc1cnc2c(c1)ncn2-c1ccc(OCc2ccc(OC(F)(F)F)cc2)cc1. The van der Waals surface area contributed by atoms with Crippen LogP contribution in [0.3, 0.4) is 0 Å². The van der Waals surface area contributed by atoms with Crippen molar-refractivity contribution in [3.63, 3.8) is 0 Å². The molecule has 0 aliphatic carbocycles. The van der Waals surface area contributed by atoms with Crippen molar-refractivity contribution in [2.24, 2.45) is 0 Å². The fourth-order valence-electron chi connectivity index (χ4n) is 3.31. The highest BCUT2D eigenvalue weighted by atomic mass is 19.4. The average Bonchev–Trinajstić information content (AvgIpc) is 3.26. The number of nitrogens with one attached hydrogen (secondary N) is 1. The Kier molecular flexibility index (Phi) is 7.77. The number of alkyl halides is 3. The molecular weight excluding hydrogens is 491 g/mol. The standard InChI is InChI=1S/C25H24F3N5O4/c1-32(2)12-11-29-24(34)36-21-13-22-23(30-14-21)33(16-31-22)18-5-9-19(10-6-18)35-15-17-3-7-20(8-4-17)37-25(26,27)28/h3-10,13-14,16H,11-12,15H2,1-2H3,(H,29,34). The second-order valence-electron chi connectivity index (χ2n) is 8.22. The number of fused-ring (bicyclic) bond motifs is 1. The van der Waals surface area contributed by atoms with Crippen LogP contribution in [0.5, 0.6) is 17.2 Å². The van der Waals surface area contributed by atoms with Crippen LogP contribution in [0.15, 0.2) is 67.1 Å². The summed E-state index contributed by atoms with van der Waals surface area (Å²) in [4.78, 5) is 22.6. The van der Waals surface area contributed by atoms with E-state index in [4.69, 9.17) is 9.47 Å². The van der Waals surface area contributed by atoms with Crippen molar-refractivity contribution in [2.75, 3.05) is 27.2 Å². The summed E-state index contributed by atoms with van der Waals surface area (Å²) in [7, 11) is 3.81. The minimum Gasteiger partial charge on any atom is -0.489 e. The van der Waals surface area contributed by atoms with E-state index < -0.39 is 12.5 Å². The first-order valence-electron chi connectivity index (χ1n) is 11.2. The van der Waals surface area contributed by atoms with Crippen molar-refractivity contribution in [2.45, 2.75) is 13.0 Å². The van der Waals surface area contributed by atoms with Gasteiger partial charge in [-0.3, -0.25) is 4.57 Å². The Bertz CT molecular complexity index is 1340. The second kappa shape index (κ2) is 11.2. The van der Waals surface area contributed by atoms with Crippen LogP contribution in [-0.2, 0) is 6.61 Å². The molecule has 0 aliphatic heterocycles. The lowest BCUT2D eigenvalue weighted by Gasteiger charge is -2.11.